The van der Waals surface area contributed by atoms with Crippen LogP contribution in [0.5, 0.6) is 0 Å². The fourth-order valence-corrected chi connectivity index (χ4v) is 3.86. The lowest BCUT2D eigenvalue weighted by molar-refractivity contribution is -0.126. The molecule has 2 fully saturated rings. The van der Waals surface area contributed by atoms with Crippen LogP contribution in [0.4, 0.5) is 4.79 Å². The van der Waals surface area contributed by atoms with Gasteiger partial charge in [0.2, 0.25) is 0 Å². The zero-order valence-corrected chi connectivity index (χ0v) is 14.7. The van der Waals surface area contributed by atoms with Crippen molar-refractivity contribution in [2.75, 3.05) is 19.6 Å². The average molecular weight is 350 g/mol. The molecule has 0 bridgehead atoms. The van der Waals surface area contributed by atoms with Crippen molar-refractivity contribution in [3.8, 4) is 0 Å². The second kappa shape index (κ2) is 7.11. The van der Waals surface area contributed by atoms with Gasteiger partial charge in [0.05, 0.1) is 0 Å². The summed E-state index contributed by atoms with van der Waals surface area (Å²) in [5.41, 5.74) is 0.522. The first-order valence-electron chi connectivity index (χ1n) is 8.58. The summed E-state index contributed by atoms with van der Waals surface area (Å²) in [6.07, 6.45) is 4.12. The molecule has 0 unspecified atom stereocenters. The molecular weight excluding hydrogens is 326 g/mol. The summed E-state index contributed by atoms with van der Waals surface area (Å²) >= 11 is 5.91. The van der Waals surface area contributed by atoms with E-state index in [-0.39, 0.29) is 17.9 Å². The van der Waals surface area contributed by atoms with E-state index in [4.69, 9.17) is 11.6 Å². The number of rotatable bonds is 5. The Hall–Kier alpha value is -1.59. The third kappa shape index (κ3) is 3.73. The summed E-state index contributed by atoms with van der Waals surface area (Å²) in [5, 5.41) is 5.96. The molecule has 2 aliphatic rings. The molecule has 2 N–H and O–H groups in total. The lowest BCUT2D eigenvalue weighted by Crippen LogP contribution is -2.55. The Labute approximate surface area is 147 Å². The summed E-state index contributed by atoms with van der Waals surface area (Å²) < 4.78 is 0. The number of piperidine rings is 1. The minimum atomic E-state index is -0.772. The number of imide groups is 1. The van der Waals surface area contributed by atoms with Gasteiger partial charge in [-0.15, -0.1) is 0 Å². The Balaban J connectivity index is 1.51. The quantitative estimate of drug-likeness (QED) is 0.803. The Morgan fingerprint density at radius 2 is 2.04 bits per heavy atom. The zero-order chi connectivity index (χ0) is 17.2. The first kappa shape index (κ1) is 17.2. The maximum absolute atomic E-state index is 12.1. The van der Waals surface area contributed by atoms with E-state index in [1.54, 1.807) is 0 Å². The van der Waals surface area contributed by atoms with E-state index in [0.29, 0.717) is 0 Å². The highest BCUT2D eigenvalue weighted by molar-refractivity contribution is 6.30. The topological polar surface area (TPSA) is 61.4 Å². The van der Waals surface area contributed by atoms with Crippen molar-refractivity contribution < 1.29 is 9.59 Å². The van der Waals surface area contributed by atoms with E-state index in [9.17, 15) is 9.59 Å². The number of likely N-dealkylation sites (tertiary alicyclic amines) is 1. The molecule has 0 radical (unpaired) electrons. The lowest BCUT2D eigenvalue weighted by atomic mass is 9.80. The molecule has 24 heavy (non-hydrogen) atoms. The number of nitrogens with one attached hydrogen (secondary N) is 2. The molecule has 0 saturated carbocycles. The molecule has 0 spiro atoms. The number of amides is 3. The van der Waals surface area contributed by atoms with E-state index in [1.807, 2.05) is 19.1 Å². The van der Waals surface area contributed by atoms with Gasteiger partial charge in [-0.3, -0.25) is 10.1 Å². The maximum Gasteiger partial charge on any atom is 0.322 e. The summed E-state index contributed by atoms with van der Waals surface area (Å²) in [6, 6.07) is 7.62. The summed E-state index contributed by atoms with van der Waals surface area (Å²) in [4.78, 5) is 26.0. The average Bonchev–Trinajstić information content (AvgIpc) is 2.83. The highest BCUT2D eigenvalue weighted by atomic mass is 35.5. The van der Waals surface area contributed by atoms with Gasteiger partial charge in [0, 0.05) is 17.5 Å². The summed E-state index contributed by atoms with van der Waals surface area (Å²) in [6.45, 7) is 4.76. The molecule has 2 aliphatic heterocycles. The summed E-state index contributed by atoms with van der Waals surface area (Å²) in [5.74, 6) is -0.0336. The van der Waals surface area contributed by atoms with Crippen molar-refractivity contribution in [2.24, 2.45) is 5.92 Å². The number of carbonyl (C=O) groups excluding carboxylic acids is 2. The molecule has 2 heterocycles. The van der Waals surface area contributed by atoms with Crippen LogP contribution in [0.2, 0.25) is 5.02 Å². The number of halogens is 1. The summed E-state index contributed by atoms with van der Waals surface area (Å²) in [7, 11) is 0. The number of hydrogen-bond acceptors (Lipinski definition) is 3. The Bertz CT molecular complexity index is 619. The second-order valence-electron chi connectivity index (χ2n) is 6.98. The number of nitrogens with zero attached hydrogens (tertiary/aromatic N) is 1. The zero-order valence-electron chi connectivity index (χ0n) is 14.0. The molecule has 0 aromatic heterocycles. The number of aryl methyl sites for hydroxylation is 1. The Morgan fingerprint density at radius 1 is 1.29 bits per heavy atom. The van der Waals surface area contributed by atoms with Crippen LogP contribution in [-0.2, 0) is 11.2 Å². The van der Waals surface area contributed by atoms with Gasteiger partial charge in [0.25, 0.3) is 5.91 Å². The maximum atomic E-state index is 12.1. The molecule has 3 amide bonds. The first-order valence-corrected chi connectivity index (χ1v) is 8.95. The van der Waals surface area contributed by atoms with Crippen LogP contribution in [0.3, 0.4) is 0 Å². The van der Waals surface area contributed by atoms with E-state index in [0.717, 1.165) is 50.3 Å². The fraction of sp³-hybridized carbons (Fsp3) is 0.556. The molecule has 1 aromatic rings. The third-order valence-corrected chi connectivity index (χ3v) is 5.50. The van der Waals surface area contributed by atoms with Gasteiger partial charge in [-0.2, -0.15) is 0 Å². The predicted octanol–water partition coefficient (Wildman–Crippen LogP) is 2.58. The molecule has 1 aromatic carbocycles. The van der Waals surface area contributed by atoms with E-state index >= 15 is 0 Å². The lowest BCUT2D eigenvalue weighted by Gasteiger charge is -2.39. The second-order valence-corrected chi connectivity index (χ2v) is 7.42. The molecular formula is C18H24ClN3O2. The molecule has 2 atom stereocenters. The minimum Gasteiger partial charge on any atom is -0.323 e. The fourth-order valence-electron chi connectivity index (χ4n) is 3.73. The number of urea groups is 1. The SMILES string of the molecule is C[C@]1([C@@H]2CCCN(CCCc3ccc(Cl)cc3)C2)NC(=O)NC1=O. The molecule has 0 aliphatic carbocycles. The van der Waals surface area contributed by atoms with Crippen molar-refractivity contribution in [2.45, 2.75) is 38.1 Å². The van der Waals surface area contributed by atoms with Gasteiger partial charge in [0.15, 0.2) is 0 Å². The van der Waals surface area contributed by atoms with Gasteiger partial charge in [0.1, 0.15) is 5.54 Å². The van der Waals surface area contributed by atoms with Gasteiger partial charge < -0.3 is 10.2 Å². The monoisotopic (exact) mass is 349 g/mol. The Morgan fingerprint density at radius 3 is 2.71 bits per heavy atom. The van der Waals surface area contributed by atoms with Crippen LogP contribution >= 0.6 is 11.6 Å². The van der Waals surface area contributed by atoms with Crippen molar-refractivity contribution in [1.29, 1.82) is 0 Å². The number of carbonyl (C=O) groups is 2. The Kier molecular flexibility index (Phi) is 5.11. The molecule has 2 saturated heterocycles. The van der Waals surface area contributed by atoms with E-state index in [1.165, 1.54) is 5.56 Å². The third-order valence-electron chi connectivity index (χ3n) is 5.25. The van der Waals surface area contributed by atoms with Gasteiger partial charge in [-0.25, -0.2) is 4.79 Å². The molecule has 130 valence electrons. The largest absolute Gasteiger partial charge is 0.323 e. The van der Waals surface area contributed by atoms with Crippen LogP contribution in [0.25, 0.3) is 0 Å². The van der Waals surface area contributed by atoms with Crippen molar-refractivity contribution >= 4 is 23.5 Å². The van der Waals surface area contributed by atoms with Crippen LogP contribution in [0.1, 0.15) is 31.7 Å². The van der Waals surface area contributed by atoms with Crippen LogP contribution in [0, 0.1) is 5.92 Å². The van der Waals surface area contributed by atoms with Crippen LogP contribution in [-0.4, -0.2) is 42.0 Å². The van der Waals surface area contributed by atoms with E-state index in [2.05, 4.69) is 27.7 Å². The first-order chi connectivity index (χ1) is 11.5. The standard InChI is InChI=1S/C18H24ClN3O2/c1-18(16(23)20-17(24)21-18)14-5-3-11-22(12-14)10-2-4-13-6-8-15(19)9-7-13/h6-9,14H,2-5,10-12H2,1H3,(H2,20,21,23,24)/t14-,18-/m1/s1. The number of benzene rings is 1. The van der Waals surface area contributed by atoms with Gasteiger partial charge >= 0.3 is 6.03 Å². The smallest absolute Gasteiger partial charge is 0.322 e. The highest BCUT2D eigenvalue weighted by Crippen LogP contribution is 2.29. The van der Waals surface area contributed by atoms with Gasteiger partial charge in [-0.1, -0.05) is 23.7 Å². The molecule has 5 nitrogen and oxygen atoms in total. The normalized spacial score (nSPS) is 27.8. The van der Waals surface area contributed by atoms with Crippen molar-refractivity contribution in [1.82, 2.24) is 15.5 Å². The molecule has 3 rings (SSSR count). The van der Waals surface area contributed by atoms with E-state index < -0.39 is 5.54 Å². The van der Waals surface area contributed by atoms with Crippen molar-refractivity contribution in [3.05, 3.63) is 34.9 Å². The predicted molar refractivity (Wildman–Crippen MR) is 94.0 cm³/mol. The molecule has 6 heteroatoms. The van der Waals surface area contributed by atoms with Crippen LogP contribution in [0.15, 0.2) is 24.3 Å². The van der Waals surface area contributed by atoms with Crippen molar-refractivity contribution in [3.63, 3.8) is 0 Å². The highest BCUT2D eigenvalue weighted by Gasteiger charge is 2.48. The van der Waals surface area contributed by atoms with Crippen LogP contribution < -0.4 is 10.6 Å². The minimum absolute atomic E-state index is 0.160. The van der Waals surface area contributed by atoms with Gasteiger partial charge in [-0.05, 0) is 63.4 Å². The number of hydrogen-bond donors (Lipinski definition) is 2.